The minimum atomic E-state index is -0.925. The van der Waals surface area contributed by atoms with E-state index in [4.69, 9.17) is 9.84 Å². The Kier molecular flexibility index (Phi) is 5.14. The highest BCUT2D eigenvalue weighted by Crippen LogP contribution is 2.16. The summed E-state index contributed by atoms with van der Waals surface area (Å²) in [5.74, 6) is -1.05. The van der Waals surface area contributed by atoms with Gasteiger partial charge in [-0.2, -0.15) is 5.10 Å². The van der Waals surface area contributed by atoms with Gasteiger partial charge in [0.25, 0.3) is 5.91 Å². The van der Waals surface area contributed by atoms with Crippen molar-refractivity contribution in [2.24, 2.45) is 0 Å². The van der Waals surface area contributed by atoms with Crippen LogP contribution in [-0.4, -0.2) is 57.5 Å². The lowest BCUT2D eigenvalue weighted by Crippen LogP contribution is -2.46. The number of carboxylic acid groups (broad SMARTS) is 1. The average molecular weight is 343 g/mol. The first-order chi connectivity index (χ1) is 12.0. The third-order valence-electron chi connectivity index (χ3n) is 4.34. The number of morpholine rings is 1. The molecule has 1 saturated heterocycles. The number of carbonyl (C=O) groups excluding carboxylic acids is 1. The van der Waals surface area contributed by atoms with Gasteiger partial charge in [0.1, 0.15) is 0 Å². The fraction of sp³-hybridized carbons (Fsp3) is 0.389. The van der Waals surface area contributed by atoms with E-state index >= 15 is 0 Å². The van der Waals surface area contributed by atoms with Crippen LogP contribution in [-0.2, 0) is 16.1 Å². The summed E-state index contributed by atoms with van der Waals surface area (Å²) in [6.45, 7) is 3.57. The summed E-state index contributed by atoms with van der Waals surface area (Å²) in [7, 11) is 0. The van der Waals surface area contributed by atoms with Crippen LogP contribution in [0.4, 0.5) is 0 Å². The predicted octanol–water partition coefficient (Wildman–Crippen LogP) is 1.56. The number of hydrogen-bond acceptors (Lipinski definition) is 4. The second-order valence-corrected chi connectivity index (χ2v) is 6.13. The van der Waals surface area contributed by atoms with Crippen molar-refractivity contribution in [1.82, 2.24) is 14.7 Å². The molecule has 0 bridgehead atoms. The molecule has 1 aliphatic rings. The zero-order valence-electron chi connectivity index (χ0n) is 14.1. The van der Waals surface area contributed by atoms with E-state index in [1.54, 1.807) is 15.8 Å². The third-order valence-corrected chi connectivity index (χ3v) is 4.34. The van der Waals surface area contributed by atoms with E-state index in [0.717, 1.165) is 11.3 Å². The summed E-state index contributed by atoms with van der Waals surface area (Å²) < 4.78 is 7.23. The van der Waals surface area contributed by atoms with Gasteiger partial charge in [-0.15, -0.1) is 0 Å². The van der Waals surface area contributed by atoms with Gasteiger partial charge in [0, 0.05) is 18.8 Å². The van der Waals surface area contributed by atoms with Crippen LogP contribution in [0.25, 0.3) is 0 Å². The number of ether oxygens (including phenoxy) is 1. The first kappa shape index (κ1) is 17.2. The van der Waals surface area contributed by atoms with Gasteiger partial charge >= 0.3 is 5.97 Å². The van der Waals surface area contributed by atoms with E-state index in [0.29, 0.717) is 25.3 Å². The van der Waals surface area contributed by atoms with E-state index in [1.165, 1.54) is 0 Å². The van der Waals surface area contributed by atoms with Gasteiger partial charge in [0.2, 0.25) is 0 Å². The molecular formula is C18H21N3O4. The Morgan fingerprint density at radius 1 is 1.32 bits per heavy atom. The summed E-state index contributed by atoms with van der Waals surface area (Å²) >= 11 is 0. The van der Waals surface area contributed by atoms with Crippen LogP contribution in [0.1, 0.15) is 28.0 Å². The first-order valence-corrected chi connectivity index (χ1v) is 8.23. The van der Waals surface area contributed by atoms with Crippen molar-refractivity contribution in [2.75, 3.05) is 19.7 Å². The molecule has 7 heteroatoms. The van der Waals surface area contributed by atoms with Crippen LogP contribution in [0.3, 0.4) is 0 Å². The largest absolute Gasteiger partial charge is 0.481 e. The van der Waals surface area contributed by atoms with E-state index in [9.17, 15) is 9.59 Å². The number of nitrogens with zero attached hydrogens (tertiary/aromatic N) is 3. The van der Waals surface area contributed by atoms with Gasteiger partial charge in [-0.3, -0.25) is 14.3 Å². The molecule has 1 N–H and O–H groups in total. The van der Waals surface area contributed by atoms with Crippen LogP contribution in [0.5, 0.6) is 0 Å². The topological polar surface area (TPSA) is 84.7 Å². The number of amides is 1. The van der Waals surface area contributed by atoms with E-state index in [2.05, 4.69) is 5.10 Å². The molecule has 0 spiro atoms. The van der Waals surface area contributed by atoms with Crippen molar-refractivity contribution < 1.29 is 19.4 Å². The van der Waals surface area contributed by atoms with E-state index < -0.39 is 12.1 Å². The highest BCUT2D eigenvalue weighted by molar-refractivity contribution is 5.95. The van der Waals surface area contributed by atoms with Gasteiger partial charge in [0.05, 0.1) is 37.4 Å². The van der Waals surface area contributed by atoms with Gasteiger partial charge in [0.15, 0.2) is 0 Å². The summed E-state index contributed by atoms with van der Waals surface area (Å²) in [4.78, 5) is 25.3. The summed E-state index contributed by atoms with van der Waals surface area (Å²) in [6.07, 6.45) is 1.02. The van der Waals surface area contributed by atoms with Gasteiger partial charge in [-0.1, -0.05) is 30.3 Å². The second-order valence-electron chi connectivity index (χ2n) is 6.13. The molecule has 1 aromatic carbocycles. The molecule has 2 aromatic rings. The SMILES string of the molecule is Cc1c(C(=O)N2CCO[C@H](CC(=O)O)C2)cnn1Cc1ccccc1. The molecule has 25 heavy (non-hydrogen) atoms. The fourth-order valence-electron chi connectivity index (χ4n) is 2.96. The van der Waals surface area contributed by atoms with Crippen molar-refractivity contribution in [3.05, 3.63) is 53.3 Å². The highest BCUT2D eigenvalue weighted by Gasteiger charge is 2.28. The molecule has 2 heterocycles. The van der Waals surface area contributed by atoms with E-state index in [-0.39, 0.29) is 18.9 Å². The summed E-state index contributed by atoms with van der Waals surface area (Å²) in [5.41, 5.74) is 2.46. The summed E-state index contributed by atoms with van der Waals surface area (Å²) in [6, 6.07) is 9.93. The molecule has 1 amide bonds. The lowest BCUT2D eigenvalue weighted by molar-refractivity contribution is -0.141. The molecule has 0 saturated carbocycles. The van der Waals surface area contributed by atoms with Crippen LogP contribution < -0.4 is 0 Å². The Morgan fingerprint density at radius 2 is 2.08 bits per heavy atom. The molecule has 1 aliphatic heterocycles. The maximum absolute atomic E-state index is 12.8. The second kappa shape index (κ2) is 7.48. The molecule has 132 valence electrons. The molecule has 1 aromatic heterocycles. The van der Waals surface area contributed by atoms with E-state index in [1.807, 2.05) is 37.3 Å². The maximum atomic E-state index is 12.8. The fourth-order valence-corrected chi connectivity index (χ4v) is 2.96. The minimum absolute atomic E-state index is 0.101. The molecule has 7 nitrogen and oxygen atoms in total. The molecule has 1 fully saturated rings. The average Bonchev–Trinajstić information content (AvgIpc) is 2.95. The molecule has 0 unspecified atom stereocenters. The van der Waals surface area contributed by atoms with Gasteiger partial charge < -0.3 is 14.7 Å². The number of aliphatic carboxylic acids is 1. The number of rotatable bonds is 5. The quantitative estimate of drug-likeness (QED) is 0.890. The zero-order valence-corrected chi connectivity index (χ0v) is 14.1. The van der Waals surface area contributed by atoms with Crippen LogP contribution in [0.15, 0.2) is 36.5 Å². The van der Waals surface area contributed by atoms with Crippen LogP contribution in [0, 0.1) is 6.92 Å². The number of aromatic nitrogens is 2. The van der Waals surface area contributed by atoms with Crippen molar-refractivity contribution in [1.29, 1.82) is 0 Å². The number of hydrogen-bond donors (Lipinski definition) is 1. The number of carboxylic acids is 1. The smallest absolute Gasteiger partial charge is 0.306 e. The summed E-state index contributed by atoms with van der Waals surface area (Å²) in [5, 5.41) is 13.2. The zero-order chi connectivity index (χ0) is 17.8. The lowest BCUT2D eigenvalue weighted by Gasteiger charge is -2.32. The number of carbonyl (C=O) groups is 2. The lowest BCUT2D eigenvalue weighted by atomic mass is 10.1. The van der Waals surface area contributed by atoms with Crippen LogP contribution in [0.2, 0.25) is 0 Å². The van der Waals surface area contributed by atoms with Crippen LogP contribution >= 0.6 is 0 Å². The molecule has 1 atom stereocenters. The predicted molar refractivity (Wildman–Crippen MR) is 90.4 cm³/mol. The Hall–Kier alpha value is -2.67. The third kappa shape index (κ3) is 4.06. The molecule has 0 radical (unpaired) electrons. The van der Waals surface area contributed by atoms with Crippen molar-refractivity contribution >= 4 is 11.9 Å². The Morgan fingerprint density at radius 3 is 2.80 bits per heavy atom. The standard InChI is InChI=1S/C18H21N3O4/c1-13-16(10-19-21(13)11-14-5-3-2-4-6-14)18(24)20-7-8-25-15(12-20)9-17(22)23/h2-6,10,15H,7-9,11-12H2,1H3,(H,22,23)/t15-/m1/s1. The Bertz CT molecular complexity index is 757. The van der Waals surface area contributed by atoms with Crippen molar-refractivity contribution in [3.8, 4) is 0 Å². The Balaban J connectivity index is 1.71. The van der Waals surface area contributed by atoms with Gasteiger partial charge in [-0.25, -0.2) is 0 Å². The van der Waals surface area contributed by atoms with Gasteiger partial charge in [-0.05, 0) is 12.5 Å². The first-order valence-electron chi connectivity index (χ1n) is 8.23. The molecular weight excluding hydrogens is 322 g/mol. The van der Waals surface area contributed by atoms with Crippen molar-refractivity contribution in [2.45, 2.75) is 26.0 Å². The molecule has 3 rings (SSSR count). The van der Waals surface area contributed by atoms with Crippen molar-refractivity contribution in [3.63, 3.8) is 0 Å². The Labute approximate surface area is 145 Å². The normalized spacial score (nSPS) is 17.5. The molecule has 0 aliphatic carbocycles. The highest BCUT2D eigenvalue weighted by atomic mass is 16.5. The number of benzene rings is 1. The maximum Gasteiger partial charge on any atom is 0.306 e. The monoisotopic (exact) mass is 343 g/mol. The minimum Gasteiger partial charge on any atom is -0.481 e.